The number of hydrogen-bond acceptors (Lipinski definition) is 3. The molecule has 0 aromatic heterocycles. The molecule has 1 unspecified atom stereocenters. The highest BCUT2D eigenvalue weighted by atomic mass is 16.4. The topological polar surface area (TPSA) is 60.9 Å². The zero-order valence-corrected chi connectivity index (χ0v) is 16.4. The third-order valence-electron chi connectivity index (χ3n) is 6.26. The number of amides is 1. The second-order valence-electron chi connectivity index (χ2n) is 7.99. The largest absolute Gasteiger partial charge is 0.481 e. The van der Waals surface area contributed by atoms with Gasteiger partial charge >= 0.3 is 5.97 Å². The number of carbonyl (C=O) groups is 2. The maximum atomic E-state index is 12.1. The summed E-state index contributed by atoms with van der Waals surface area (Å²) in [6.07, 6.45) is 6.78. The summed E-state index contributed by atoms with van der Waals surface area (Å²) in [5.41, 5.74) is 2.82. The summed E-state index contributed by atoms with van der Waals surface area (Å²) in [6, 6.07) is 9.51. The number of rotatable bonds is 6. The van der Waals surface area contributed by atoms with Crippen LogP contribution in [0.2, 0.25) is 0 Å². The summed E-state index contributed by atoms with van der Waals surface area (Å²) in [5.74, 6) is -0.211. The molecule has 1 saturated carbocycles. The van der Waals surface area contributed by atoms with Crippen molar-refractivity contribution in [2.24, 2.45) is 0 Å². The number of aliphatic carboxylic acids is 1. The molecule has 1 heterocycles. The number of carboxylic acids is 1. The van der Waals surface area contributed by atoms with Gasteiger partial charge in [-0.15, -0.1) is 0 Å². The van der Waals surface area contributed by atoms with Gasteiger partial charge < -0.3 is 10.0 Å². The fraction of sp³-hybridized carbons (Fsp3) is 0.636. The van der Waals surface area contributed by atoms with Gasteiger partial charge in [-0.2, -0.15) is 0 Å². The standard InChI is InChI=1S/C22H32N2O3/c1-17(18-7-9-20(10-8-18)19-5-3-2-4-6-19)23-13-15-24(16-14-23)21(25)11-12-22(26)27/h7-10,17,19H,2-6,11-16H2,1H3,(H,26,27). The summed E-state index contributed by atoms with van der Waals surface area (Å²) < 4.78 is 0. The molecule has 1 saturated heterocycles. The maximum absolute atomic E-state index is 12.1. The first-order chi connectivity index (χ1) is 13.0. The molecule has 1 aliphatic heterocycles. The van der Waals surface area contributed by atoms with E-state index < -0.39 is 5.97 Å². The first-order valence-corrected chi connectivity index (χ1v) is 10.4. The van der Waals surface area contributed by atoms with E-state index in [0.29, 0.717) is 19.1 Å². The highest BCUT2D eigenvalue weighted by molar-refractivity contribution is 5.80. The predicted octanol–water partition coefficient (Wildman–Crippen LogP) is 3.80. The molecule has 1 N–H and O–H groups in total. The van der Waals surface area contributed by atoms with Crippen LogP contribution in [0.4, 0.5) is 0 Å². The van der Waals surface area contributed by atoms with Gasteiger partial charge in [0.2, 0.25) is 5.91 Å². The molecular weight excluding hydrogens is 340 g/mol. The van der Waals surface area contributed by atoms with Gasteiger partial charge in [-0.1, -0.05) is 43.5 Å². The van der Waals surface area contributed by atoms with Gasteiger partial charge in [0.1, 0.15) is 0 Å². The smallest absolute Gasteiger partial charge is 0.303 e. The molecule has 2 fully saturated rings. The van der Waals surface area contributed by atoms with Crippen LogP contribution in [0, 0.1) is 0 Å². The van der Waals surface area contributed by atoms with E-state index in [-0.39, 0.29) is 18.7 Å². The van der Waals surface area contributed by atoms with Crippen LogP contribution in [-0.4, -0.2) is 53.0 Å². The highest BCUT2D eigenvalue weighted by Crippen LogP contribution is 2.33. The monoisotopic (exact) mass is 372 g/mol. The molecule has 1 atom stereocenters. The van der Waals surface area contributed by atoms with Crippen LogP contribution in [0.25, 0.3) is 0 Å². The molecular formula is C22H32N2O3. The van der Waals surface area contributed by atoms with Crippen molar-refractivity contribution in [1.82, 2.24) is 9.80 Å². The van der Waals surface area contributed by atoms with Crippen molar-refractivity contribution < 1.29 is 14.7 Å². The summed E-state index contributed by atoms with van der Waals surface area (Å²) in [4.78, 5) is 26.9. The lowest BCUT2D eigenvalue weighted by molar-refractivity contribution is -0.141. The molecule has 0 bridgehead atoms. The minimum atomic E-state index is -0.910. The zero-order chi connectivity index (χ0) is 19.2. The van der Waals surface area contributed by atoms with E-state index in [4.69, 9.17) is 5.11 Å². The van der Waals surface area contributed by atoms with Gasteiger partial charge in [0.05, 0.1) is 6.42 Å². The van der Waals surface area contributed by atoms with E-state index in [0.717, 1.165) is 19.0 Å². The summed E-state index contributed by atoms with van der Waals surface area (Å²) >= 11 is 0. The van der Waals surface area contributed by atoms with Crippen molar-refractivity contribution in [3.05, 3.63) is 35.4 Å². The molecule has 1 aromatic rings. The Morgan fingerprint density at radius 3 is 2.22 bits per heavy atom. The lowest BCUT2D eigenvalue weighted by Crippen LogP contribution is -2.49. The van der Waals surface area contributed by atoms with E-state index in [2.05, 4.69) is 36.1 Å². The normalized spacial score (nSPS) is 20.4. The third kappa shape index (κ3) is 5.32. The summed E-state index contributed by atoms with van der Waals surface area (Å²) in [6.45, 7) is 5.28. The molecule has 5 nitrogen and oxygen atoms in total. The van der Waals surface area contributed by atoms with Crippen molar-refractivity contribution >= 4 is 11.9 Å². The average Bonchev–Trinajstić information content (AvgIpc) is 2.72. The quantitative estimate of drug-likeness (QED) is 0.825. The molecule has 5 heteroatoms. The fourth-order valence-electron chi connectivity index (χ4n) is 4.42. The Balaban J connectivity index is 1.50. The second-order valence-corrected chi connectivity index (χ2v) is 7.99. The Bertz CT molecular complexity index is 629. The Labute approximate surface area is 162 Å². The third-order valence-corrected chi connectivity index (χ3v) is 6.26. The van der Waals surface area contributed by atoms with Crippen LogP contribution in [0.5, 0.6) is 0 Å². The highest BCUT2D eigenvalue weighted by Gasteiger charge is 2.25. The zero-order valence-electron chi connectivity index (χ0n) is 16.4. The minimum Gasteiger partial charge on any atom is -0.481 e. The molecule has 0 spiro atoms. The fourth-order valence-corrected chi connectivity index (χ4v) is 4.42. The van der Waals surface area contributed by atoms with Gasteiger partial charge in [0.25, 0.3) is 0 Å². The molecule has 0 radical (unpaired) electrons. The average molecular weight is 373 g/mol. The van der Waals surface area contributed by atoms with Crippen LogP contribution in [0.1, 0.15) is 75.0 Å². The van der Waals surface area contributed by atoms with Crippen LogP contribution < -0.4 is 0 Å². The molecule has 1 amide bonds. The number of nitrogens with zero attached hydrogens (tertiary/aromatic N) is 2. The lowest BCUT2D eigenvalue weighted by atomic mass is 9.83. The van der Waals surface area contributed by atoms with Crippen LogP contribution in [0.3, 0.4) is 0 Å². The van der Waals surface area contributed by atoms with E-state index in [1.165, 1.54) is 43.2 Å². The summed E-state index contributed by atoms with van der Waals surface area (Å²) in [5, 5.41) is 8.73. The first kappa shape index (κ1) is 19.9. The number of hydrogen-bond donors (Lipinski definition) is 1. The minimum absolute atomic E-state index is 0.0402. The number of piperazine rings is 1. The van der Waals surface area contributed by atoms with Crippen LogP contribution >= 0.6 is 0 Å². The first-order valence-electron chi connectivity index (χ1n) is 10.4. The Morgan fingerprint density at radius 1 is 1.00 bits per heavy atom. The Hall–Kier alpha value is -1.88. The van der Waals surface area contributed by atoms with E-state index in [9.17, 15) is 9.59 Å². The van der Waals surface area contributed by atoms with Gasteiger partial charge in [-0.3, -0.25) is 14.5 Å². The van der Waals surface area contributed by atoms with Gasteiger partial charge in [-0.25, -0.2) is 0 Å². The molecule has 148 valence electrons. The predicted molar refractivity (Wildman–Crippen MR) is 106 cm³/mol. The molecule has 2 aliphatic rings. The van der Waals surface area contributed by atoms with Crippen molar-refractivity contribution in [1.29, 1.82) is 0 Å². The second kappa shape index (κ2) is 9.36. The van der Waals surface area contributed by atoms with Crippen molar-refractivity contribution in [2.75, 3.05) is 26.2 Å². The van der Waals surface area contributed by atoms with Crippen molar-refractivity contribution in [2.45, 2.75) is 63.8 Å². The number of carboxylic acid groups (broad SMARTS) is 1. The van der Waals surface area contributed by atoms with E-state index >= 15 is 0 Å². The SMILES string of the molecule is CC(c1ccc(C2CCCCC2)cc1)N1CCN(C(=O)CCC(=O)O)CC1. The Morgan fingerprint density at radius 2 is 1.63 bits per heavy atom. The van der Waals surface area contributed by atoms with Crippen molar-refractivity contribution in [3.63, 3.8) is 0 Å². The molecule has 1 aromatic carbocycles. The van der Waals surface area contributed by atoms with E-state index in [1.54, 1.807) is 4.90 Å². The van der Waals surface area contributed by atoms with Crippen LogP contribution in [-0.2, 0) is 9.59 Å². The maximum Gasteiger partial charge on any atom is 0.303 e. The number of carbonyl (C=O) groups excluding carboxylic acids is 1. The van der Waals surface area contributed by atoms with Gasteiger partial charge in [0.15, 0.2) is 0 Å². The van der Waals surface area contributed by atoms with Crippen molar-refractivity contribution in [3.8, 4) is 0 Å². The molecule has 27 heavy (non-hydrogen) atoms. The molecule has 1 aliphatic carbocycles. The van der Waals surface area contributed by atoms with E-state index in [1.807, 2.05) is 0 Å². The Kier molecular flexibility index (Phi) is 6.89. The lowest BCUT2D eigenvalue weighted by Gasteiger charge is -2.38. The molecule has 3 rings (SSSR count). The van der Waals surface area contributed by atoms with Gasteiger partial charge in [0, 0.05) is 38.6 Å². The van der Waals surface area contributed by atoms with Crippen LogP contribution in [0.15, 0.2) is 24.3 Å². The van der Waals surface area contributed by atoms with Gasteiger partial charge in [-0.05, 0) is 36.8 Å². The summed E-state index contributed by atoms with van der Waals surface area (Å²) in [7, 11) is 0. The number of benzene rings is 1.